The Kier molecular flexibility index (Phi) is 7.59. The fraction of sp³-hybridized carbons (Fsp3) is 0.240. The van der Waals surface area contributed by atoms with Crippen molar-refractivity contribution in [3.05, 3.63) is 157 Å². The third kappa shape index (κ3) is 5.31. The van der Waals surface area contributed by atoms with E-state index in [1.165, 1.54) is 77.7 Å². The van der Waals surface area contributed by atoms with Gasteiger partial charge >= 0.3 is 0 Å². The van der Waals surface area contributed by atoms with Crippen LogP contribution in [0, 0.1) is 10.8 Å². The monoisotopic (exact) mass is 676 g/mol. The number of benzene rings is 7. The molecule has 52 heavy (non-hydrogen) atoms. The Morgan fingerprint density at radius 1 is 0.404 bits per heavy atom. The van der Waals surface area contributed by atoms with Crippen LogP contribution in [0.4, 0.5) is 22.7 Å². The first-order valence-corrected chi connectivity index (χ1v) is 19.0. The molecular weight excluding hydrogens is 629 g/mol. The van der Waals surface area contributed by atoms with Crippen LogP contribution in [0.2, 0.25) is 0 Å². The van der Waals surface area contributed by atoms with Crippen LogP contribution in [-0.4, -0.2) is 12.1 Å². The molecule has 0 saturated carbocycles. The van der Waals surface area contributed by atoms with Crippen LogP contribution in [0.5, 0.6) is 0 Å². The largest absolute Gasteiger partial charge is 0.337 e. The normalized spacial score (nSPS) is 17.2. The maximum Gasteiger partial charge on any atom is 0.0447 e. The number of para-hydroxylation sites is 2. The lowest BCUT2D eigenvalue weighted by molar-refractivity contribution is 0.326. The van der Waals surface area contributed by atoms with Crippen LogP contribution in [0.25, 0.3) is 43.8 Å². The van der Waals surface area contributed by atoms with Crippen LogP contribution in [0.3, 0.4) is 0 Å². The van der Waals surface area contributed by atoms with Crippen molar-refractivity contribution >= 4 is 44.3 Å². The van der Waals surface area contributed by atoms with E-state index in [0.29, 0.717) is 12.1 Å². The van der Waals surface area contributed by atoms with Crippen LogP contribution >= 0.6 is 0 Å². The highest BCUT2D eigenvalue weighted by atomic mass is 15.2. The minimum atomic E-state index is 0.102. The van der Waals surface area contributed by atoms with Crippen molar-refractivity contribution in [1.29, 1.82) is 0 Å². The van der Waals surface area contributed by atoms with E-state index in [1.54, 1.807) is 0 Å². The molecule has 0 radical (unpaired) electrons. The molecule has 2 aliphatic rings. The summed E-state index contributed by atoms with van der Waals surface area (Å²) >= 11 is 0. The maximum atomic E-state index is 2.62. The smallest absolute Gasteiger partial charge is 0.0447 e. The molecule has 2 atom stereocenters. The molecule has 2 heterocycles. The molecule has 7 aromatic rings. The topological polar surface area (TPSA) is 6.48 Å². The Labute approximate surface area is 309 Å². The van der Waals surface area contributed by atoms with Gasteiger partial charge in [-0.1, -0.05) is 151 Å². The van der Waals surface area contributed by atoms with Crippen molar-refractivity contribution in [2.45, 2.75) is 66.5 Å². The van der Waals surface area contributed by atoms with Crippen molar-refractivity contribution in [2.75, 3.05) is 9.80 Å². The van der Waals surface area contributed by atoms with E-state index in [1.807, 2.05) is 0 Å². The first kappa shape index (κ1) is 32.6. The Morgan fingerprint density at radius 3 is 1.15 bits per heavy atom. The molecule has 0 amide bonds. The van der Waals surface area contributed by atoms with Crippen molar-refractivity contribution in [3.63, 3.8) is 0 Å². The number of fused-ring (bicyclic) bond motifs is 4. The summed E-state index contributed by atoms with van der Waals surface area (Å²) in [5, 5.41) is 5.15. The fourth-order valence-corrected chi connectivity index (χ4v) is 9.13. The molecule has 0 N–H and O–H groups in total. The van der Waals surface area contributed by atoms with Gasteiger partial charge in [0, 0.05) is 34.8 Å². The minimum Gasteiger partial charge on any atom is -0.337 e. The van der Waals surface area contributed by atoms with Gasteiger partial charge in [-0.15, -0.1) is 0 Å². The first-order chi connectivity index (χ1) is 25.1. The standard InChI is InChI=1S/C50H48N2/c1-49(2,3)45-29-35-21-13-15-23-43(35)51(45)37-25-27-39-41(31-37)47(33-17-9-7-10-18-33)40-28-26-38(32-42(40)48(39)34-19-11-8-12-20-34)52-44-24-16-14-22-36(44)30-46(52)50(4,5)6/h7-28,31-32,45-46H,29-30H2,1-6H3. The molecule has 9 rings (SSSR count). The van der Waals surface area contributed by atoms with E-state index in [0.717, 1.165) is 12.8 Å². The highest BCUT2D eigenvalue weighted by molar-refractivity contribution is 6.22. The van der Waals surface area contributed by atoms with E-state index >= 15 is 0 Å². The molecule has 0 aliphatic carbocycles. The summed E-state index contributed by atoms with van der Waals surface area (Å²) < 4.78 is 0. The summed E-state index contributed by atoms with van der Waals surface area (Å²) in [7, 11) is 0. The Morgan fingerprint density at radius 2 is 0.769 bits per heavy atom. The van der Waals surface area contributed by atoms with Gasteiger partial charge in [0.05, 0.1) is 0 Å². The summed E-state index contributed by atoms with van der Waals surface area (Å²) in [6, 6.07) is 55.4. The summed E-state index contributed by atoms with van der Waals surface area (Å²) in [4.78, 5) is 5.24. The lowest BCUT2D eigenvalue weighted by Gasteiger charge is -2.37. The first-order valence-electron chi connectivity index (χ1n) is 19.0. The van der Waals surface area contributed by atoms with E-state index < -0.39 is 0 Å². The Bertz CT molecular complexity index is 2270. The zero-order chi connectivity index (χ0) is 35.8. The summed E-state index contributed by atoms with van der Waals surface area (Å²) in [5.41, 5.74) is 13.3. The van der Waals surface area contributed by atoms with Gasteiger partial charge in [-0.3, -0.25) is 0 Å². The van der Waals surface area contributed by atoms with Gasteiger partial charge in [0.2, 0.25) is 0 Å². The number of rotatable bonds is 4. The van der Waals surface area contributed by atoms with Gasteiger partial charge in [0.1, 0.15) is 0 Å². The SMILES string of the molecule is CC(C)(C)C1Cc2ccccc2N1c1ccc2c(-c3ccccc3)c3cc(N4c5ccccc5CC4C(C)(C)C)ccc3c(-c3ccccc3)c2c1. The lowest BCUT2D eigenvalue weighted by atomic mass is 9.83. The molecule has 2 nitrogen and oxygen atoms in total. The van der Waals surface area contributed by atoms with Crippen LogP contribution in [0.1, 0.15) is 52.7 Å². The Balaban J connectivity index is 1.35. The van der Waals surface area contributed by atoms with Crippen LogP contribution in [-0.2, 0) is 12.8 Å². The van der Waals surface area contributed by atoms with E-state index in [4.69, 9.17) is 0 Å². The lowest BCUT2D eigenvalue weighted by Crippen LogP contribution is -2.39. The molecule has 0 saturated heterocycles. The molecule has 2 heteroatoms. The van der Waals surface area contributed by atoms with E-state index in [9.17, 15) is 0 Å². The number of hydrogen-bond donors (Lipinski definition) is 0. The summed E-state index contributed by atoms with van der Waals surface area (Å²) in [6.45, 7) is 14.3. The summed E-state index contributed by atoms with van der Waals surface area (Å²) in [5.74, 6) is 0. The average Bonchev–Trinajstić information content (AvgIpc) is 3.74. The maximum absolute atomic E-state index is 2.62. The number of hydrogen-bond acceptors (Lipinski definition) is 2. The predicted molar refractivity (Wildman–Crippen MR) is 223 cm³/mol. The second kappa shape index (κ2) is 12.1. The summed E-state index contributed by atoms with van der Waals surface area (Å²) in [6.07, 6.45) is 2.10. The minimum absolute atomic E-state index is 0.102. The molecule has 2 aliphatic heterocycles. The highest BCUT2D eigenvalue weighted by Crippen LogP contribution is 2.51. The highest BCUT2D eigenvalue weighted by Gasteiger charge is 2.39. The van der Waals surface area contributed by atoms with Crippen LogP contribution < -0.4 is 9.80 Å². The van der Waals surface area contributed by atoms with Crippen LogP contribution in [0.15, 0.2) is 146 Å². The quantitative estimate of drug-likeness (QED) is 0.171. The fourth-order valence-electron chi connectivity index (χ4n) is 9.13. The molecule has 7 aromatic carbocycles. The van der Waals surface area contributed by atoms with Gasteiger partial charge in [0.25, 0.3) is 0 Å². The van der Waals surface area contributed by atoms with Gasteiger partial charge in [-0.2, -0.15) is 0 Å². The third-order valence-electron chi connectivity index (χ3n) is 11.7. The molecule has 0 fully saturated rings. The van der Waals surface area contributed by atoms with Crippen molar-refractivity contribution in [3.8, 4) is 22.3 Å². The van der Waals surface area contributed by atoms with Crippen molar-refractivity contribution in [2.24, 2.45) is 10.8 Å². The van der Waals surface area contributed by atoms with Crippen molar-refractivity contribution in [1.82, 2.24) is 0 Å². The second-order valence-corrected chi connectivity index (χ2v) is 17.1. The van der Waals surface area contributed by atoms with Crippen molar-refractivity contribution < 1.29 is 0 Å². The van der Waals surface area contributed by atoms with Gasteiger partial charge < -0.3 is 9.80 Å². The Hall–Kier alpha value is -5.34. The molecule has 258 valence electrons. The zero-order valence-corrected chi connectivity index (χ0v) is 31.3. The van der Waals surface area contributed by atoms with Gasteiger partial charge in [-0.25, -0.2) is 0 Å². The average molecular weight is 677 g/mol. The van der Waals surface area contributed by atoms with Gasteiger partial charge in [-0.05, 0) is 115 Å². The van der Waals surface area contributed by atoms with E-state index in [-0.39, 0.29) is 10.8 Å². The second-order valence-electron chi connectivity index (χ2n) is 17.1. The number of anilines is 4. The molecule has 2 unspecified atom stereocenters. The van der Waals surface area contributed by atoms with Gasteiger partial charge in [0.15, 0.2) is 0 Å². The molecule has 0 aromatic heterocycles. The molecule has 0 spiro atoms. The molecular formula is C50H48N2. The predicted octanol–water partition coefficient (Wildman–Crippen LogP) is 13.5. The van der Waals surface area contributed by atoms with E-state index in [2.05, 4.69) is 197 Å². The third-order valence-corrected chi connectivity index (χ3v) is 11.7. The molecule has 0 bridgehead atoms. The zero-order valence-electron chi connectivity index (χ0n) is 31.3. The number of nitrogens with zero attached hydrogens (tertiary/aromatic N) is 2.